The van der Waals surface area contributed by atoms with Gasteiger partial charge in [0.05, 0.1) is 5.75 Å². The minimum absolute atomic E-state index is 0.164. The number of amides is 2. The van der Waals surface area contributed by atoms with Crippen molar-refractivity contribution >= 4 is 21.8 Å². The number of nitrogens with one attached hydrogen (secondary N) is 3. The van der Waals surface area contributed by atoms with Crippen LogP contribution in [0.25, 0.3) is 0 Å². The van der Waals surface area contributed by atoms with E-state index < -0.39 is 16.1 Å². The molecule has 0 fully saturated rings. The second-order valence-corrected chi connectivity index (χ2v) is 8.83. The lowest BCUT2D eigenvalue weighted by molar-refractivity contribution is -0.122. The predicted octanol–water partition coefficient (Wildman–Crippen LogP) is 1.95. The fraction of sp³-hybridized carbons (Fsp3) is 0.333. The van der Waals surface area contributed by atoms with E-state index in [4.69, 9.17) is 0 Å². The van der Waals surface area contributed by atoms with Gasteiger partial charge in [0.1, 0.15) is 6.04 Å². The molecule has 2 aromatic rings. The normalized spacial score (nSPS) is 12.4. The topological polar surface area (TPSA) is 104 Å². The molecular weight excluding hydrogens is 390 g/mol. The summed E-state index contributed by atoms with van der Waals surface area (Å²) in [6.07, 6.45) is 0. The Kier molecular flexibility index (Phi) is 7.92. The van der Waals surface area contributed by atoms with Gasteiger partial charge in [-0.2, -0.15) is 0 Å². The van der Waals surface area contributed by atoms with Crippen LogP contribution in [0, 0.1) is 0 Å². The predicted molar refractivity (Wildman–Crippen MR) is 113 cm³/mol. The molecule has 0 bridgehead atoms. The highest BCUT2D eigenvalue weighted by Gasteiger charge is 2.18. The van der Waals surface area contributed by atoms with Crippen molar-refractivity contribution in [2.24, 2.45) is 0 Å². The molecule has 0 aliphatic carbocycles. The molecule has 1 unspecified atom stereocenters. The summed E-state index contributed by atoms with van der Waals surface area (Å²) in [7, 11) is -3.48. The molecular formula is C21H27N3O4S. The van der Waals surface area contributed by atoms with Crippen LogP contribution in [0.3, 0.4) is 0 Å². The molecule has 2 amide bonds. The molecule has 29 heavy (non-hydrogen) atoms. The van der Waals surface area contributed by atoms with E-state index in [0.29, 0.717) is 16.7 Å². The molecule has 2 aromatic carbocycles. The van der Waals surface area contributed by atoms with Gasteiger partial charge in [0.2, 0.25) is 15.9 Å². The molecule has 0 aliphatic heterocycles. The van der Waals surface area contributed by atoms with Crippen molar-refractivity contribution in [3.8, 4) is 0 Å². The molecule has 0 saturated heterocycles. The van der Waals surface area contributed by atoms with Gasteiger partial charge in [0.25, 0.3) is 5.91 Å². The molecule has 0 aliphatic rings. The van der Waals surface area contributed by atoms with Crippen LogP contribution in [0.1, 0.15) is 42.3 Å². The van der Waals surface area contributed by atoms with Gasteiger partial charge in [0, 0.05) is 18.2 Å². The van der Waals surface area contributed by atoms with Crippen molar-refractivity contribution in [1.82, 2.24) is 15.4 Å². The first-order valence-corrected chi connectivity index (χ1v) is 11.0. The molecule has 0 heterocycles. The Labute approximate surface area is 172 Å². The Hall–Kier alpha value is -2.71. The molecule has 2 rings (SSSR count). The van der Waals surface area contributed by atoms with Crippen molar-refractivity contribution < 1.29 is 18.0 Å². The summed E-state index contributed by atoms with van der Waals surface area (Å²) >= 11 is 0. The van der Waals surface area contributed by atoms with Gasteiger partial charge in [-0.1, -0.05) is 42.5 Å². The summed E-state index contributed by atoms with van der Waals surface area (Å²) < 4.78 is 27.0. The zero-order valence-corrected chi connectivity index (χ0v) is 17.6. The highest BCUT2D eigenvalue weighted by atomic mass is 32.2. The Morgan fingerprint density at radius 2 is 1.48 bits per heavy atom. The van der Waals surface area contributed by atoms with E-state index >= 15 is 0 Å². The van der Waals surface area contributed by atoms with Crippen LogP contribution < -0.4 is 15.4 Å². The minimum Gasteiger partial charge on any atom is -0.350 e. The lowest BCUT2D eigenvalue weighted by Gasteiger charge is -2.16. The van der Waals surface area contributed by atoms with Gasteiger partial charge in [-0.25, -0.2) is 13.1 Å². The van der Waals surface area contributed by atoms with E-state index in [0.717, 1.165) is 0 Å². The Morgan fingerprint density at radius 1 is 0.897 bits per heavy atom. The maximum atomic E-state index is 12.4. The first-order chi connectivity index (χ1) is 13.7. The smallest absolute Gasteiger partial charge is 0.251 e. The average Bonchev–Trinajstić information content (AvgIpc) is 2.66. The van der Waals surface area contributed by atoms with Gasteiger partial charge < -0.3 is 10.6 Å². The third-order valence-corrected chi connectivity index (χ3v) is 5.63. The van der Waals surface area contributed by atoms with Gasteiger partial charge >= 0.3 is 0 Å². The summed E-state index contributed by atoms with van der Waals surface area (Å²) in [5.41, 5.74) is 1.79. The molecule has 0 saturated carbocycles. The molecule has 156 valence electrons. The highest BCUT2D eigenvalue weighted by Crippen LogP contribution is 2.12. The number of hydrogen-bond donors (Lipinski definition) is 3. The molecule has 3 N–H and O–H groups in total. The van der Waals surface area contributed by atoms with Crippen molar-refractivity contribution in [2.75, 3.05) is 0 Å². The zero-order chi connectivity index (χ0) is 21.4. The van der Waals surface area contributed by atoms with Crippen molar-refractivity contribution in [1.29, 1.82) is 0 Å². The quantitative estimate of drug-likeness (QED) is 0.580. The summed E-state index contributed by atoms with van der Waals surface area (Å²) in [4.78, 5) is 24.5. The molecule has 8 heteroatoms. The number of benzene rings is 2. The fourth-order valence-corrected chi connectivity index (χ4v) is 4.24. The molecule has 0 aromatic heterocycles. The van der Waals surface area contributed by atoms with E-state index in [9.17, 15) is 18.0 Å². The summed E-state index contributed by atoms with van der Waals surface area (Å²) in [5.74, 6) is -0.857. The number of sulfonamides is 1. The van der Waals surface area contributed by atoms with E-state index in [1.165, 1.54) is 0 Å². The first kappa shape index (κ1) is 22.6. The van der Waals surface area contributed by atoms with Crippen LogP contribution in [-0.4, -0.2) is 32.3 Å². The molecule has 7 nitrogen and oxygen atoms in total. The van der Waals surface area contributed by atoms with Gasteiger partial charge in [-0.05, 0) is 44.0 Å². The van der Waals surface area contributed by atoms with E-state index in [2.05, 4.69) is 15.4 Å². The van der Waals surface area contributed by atoms with Crippen LogP contribution in [-0.2, 0) is 27.1 Å². The molecule has 1 atom stereocenters. The second-order valence-electron chi connectivity index (χ2n) is 7.08. The molecule has 0 spiro atoms. The second kappa shape index (κ2) is 10.2. The average molecular weight is 418 g/mol. The maximum absolute atomic E-state index is 12.4. The fourth-order valence-electron chi connectivity index (χ4n) is 2.75. The lowest BCUT2D eigenvalue weighted by atomic mass is 10.1. The van der Waals surface area contributed by atoms with Crippen LogP contribution in [0.5, 0.6) is 0 Å². The van der Waals surface area contributed by atoms with E-state index in [1.807, 2.05) is 0 Å². The van der Waals surface area contributed by atoms with Crippen molar-refractivity contribution in [3.63, 3.8) is 0 Å². The number of carbonyl (C=O) groups is 2. The van der Waals surface area contributed by atoms with E-state index in [-0.39, 0.29) is 30.2 Å². The zero-order valence-electron chi connectivity index (χ0n) is 16.8. The van der Waals surface area contributed by atoms with E-state index in [1.54, 1.807) is 75.4 Å². The Balaban J connectivity index is 1.97. The van der Waals surface area contributed by atoms with Crippen LogP contribution in [0.2, 0.25) is 0 Å². The van der Waals surface area contributed by atoms with Crippen molar-refractivity contribution in [3.05, 3.63) is 71.3 Å². The van der Waals surface area contributed by atoms with Crippen LogP contribution >= 0.6 is 0 Å². The summed E-state index contributed by atoms with van der Waals surface area (Å²) in [5, 5.41) is 5.40. The van der Waals surface area contributed by atoms with Crippen LogP contribution in [0.15, 0.2) is 54.6 Å². The summed E-state index contributed by atoms with van der Waals surface area (Å²) in [6, 6.07) is 14.8. The lowest BCUT2D eigenvalue weighted by Crippen LogP contribution is -2.44. The Morgan fingerprint density at radius 3 is 2.10 bits per heavy atom. The number of hydrogen-bond acceptors (Lipinski definition) is 4. The van der Waals surface area contributed by atoms with Gasteiger partial charge in [0.15, 0.2) is 0 Å². The summed E-state index contributed by atoms with van der Waals surface area (Å²) in [6.45, 7) is 5.28. The standard InChI is InChI=1S/C21H27N3O4S/c1-15(2)24-29(27,28)14-19-12-8-7-11-18(19)13-22-20(25)16(3)23-21(26)17-9-5-4-6-10-17/h4-12,15-16,24H,13-14H2,1-3H3,(H,22,25)(H,23,26). The number of rotatable bonds is 9. The monoisotopic (exact) mass is 417 g/mol. The highest BCUT2D eigenvalue weighted by molar-refractivity contribution is 7.88. The maximum Gasteiger partial charge on any atom is 0.251 e. The van der Waals surface area contributed by atoms with Crippen molar-refractivity contribution in [2.45, 2.75) is 45.2 Å². The largest absolute Gasteiger partial charge is 0.350 e. The van der Waals surface area contributed by atoms with Gasteiger partial charge in [-0.3, -0.25) is 9.59 Å². The first-order valence-electron chi connectivity index (χ1n) is 9.38. The van der Waals surface area contributed by atoms with Crippen LogP contribution in [0.4, 0.5) is 0 Å². The SMILES string of the molecule is CC(C)NS(=O)(=O)Cc1ccccc1CNC(=O)C(C)NC(=O)c1ccccc1. The molecule has 0 radical (unpaired) electrons. The Bertz CT molecular complexity index is 943. The third-order valence-electron chi connectivity index (χ3n) is 4.11. The minimum atomic E-state index is -3.48. The van der Waals surface area contributed by atoms with Gasteiger partial charge in [-0.15, -0.1) is 0 Å². The number of carbonyl (C=O) groups excluding carboxylic acids is 2. The third kappa shape index (κ3) is 7.32.